The van der Waals surface area contributed by atoms with Gasteiger partial charge in [0.05, 0.1) is 6.42 Å². The number of carbonyl (C=O) groups is 4. The van der Waals surface area contributed by atoms with Crippen molar-refractivity contribution in [2.45, 2.75) is 71.2 Å². The molecule has 0 heterocycles. The maximum atomic E-state index is 12.3. The Kier molecular flexibility index (Phi) is 8.92. The minimum Gasteiger partial charge on any atom is -0.480 e. The van der Waals surface area contributed by atoms with E-state index in [0.717, 1.165) is 0 Å². The van der Waals surface area contributed by atoms with Crippen LogP contribution in [0.15, 0.2) is 0 Å². The molecule has 0 aromatic carbocycles. The van der Waals surface area contributed by atoms with Crippen LogP contribution in [0.3, 0.4) is 0 Å². The number of alkyl carbamates (subject to hydrolysis) is 1. The summed E-state index contributed by atoms with van der Waals surface area (Å²) >= 11 is 3.85. The van der Waals surface area contributed by atoms with Gasteiger partial charge < -0.3 is 25.2 Å². The van der Waals surface area contributed by atoms with E-state index in [1.807, 2.05) is 0 Å². The van der Waals surface area contributed by atoms with E-state index in [-0.39, 0.29) is 5.75 Å². The lowest BCUT2D eigenvalue weighted by Crippen LogP contribution is -2.53. The SMILES string of the molecule is CC(C)(C)OC(=O)C[C@H](NC(=O)OC(C)(C)C)C(=O)N[C@@H](CS)C(=O)O. The van der Waals surface area contributed by atoms with Crippen molar-refractivity contribution in [3.8, 4) is 0 Å². The first-order chi connectivity index (χ1) is 11.6. The Hall–Kier alpha value is -1.97. The van der Waals surface area contributed by atoms with Crippen LogP contribution in [-0.2, 0) is 23.9 Å². The molecule has 0 aliphatic heterocycles. The van der Waals surface area contributed by atoms with Gasteiger partial charge in [-0.3, -0.25) is 9.59 Å². The van der Waals surface area contributed by atoms with Gasteiger partial charge in [0, 0.05) is 5.75 Å². The van der Waals surface area contributed by atoms with E-state index in [4.69, 9.17) is 14.6 Å². The lowest BCUT2D eigenvalue weighted by molar-refractivity contribution is -0.156. The summed E-state index contributed by atoms with van der Waals surface area (Å²) in [5.41, 5.74) is -1.59. The van der Waals surface area contributed by atoms with Crippen LogP contribution in [0.1, 0.15) is 48.0 Å². The lowest BCUT2D eigenvalue weighted by Gasteiger charge is -2.25. The zero-order chi connectivity index (χ0) is 20.7. The van der Waals surface area contributed by atoms with Crippen LogP contribution in [-0.4, -0.2) is 58.1 Å². The molecule has 0 aliphatic rings. The average Bonchev–Trinajstić information content (AvgIpc) is 2.38. The highest BCUT2D eigenvalue weighted by molar-refractivity contribution is 7.80. The van der Waals surface area contributed by atoms with Crippen LogP contribution >= 0.6 is 12.6 Å². The van der Waals surface area contributed by atoms with E-state index >= 15 is 0 Å². The van der Waals surface area contributed by atoms with E-state index in [2.05, 4.69) is 23.3 Å². The van der Waals surface area contributed by atoms with Gasteiger partial charge in [0.1, 0.15) is 23.3 Å². The fraction of sp³-hybridized carbons (Fsp3) is 0.750. The van der Waals surface area contributed by atoms with Crippen LogP contribution in [0.25, 0.3) is 0 Å². The third-order valence-electron chi connectivity index (χ3n) is 2.60. The second kappa shape index (κ2) is 9.65. The van der Waals surface area contributed by atoms with Gasteiger partial charge in [0.2, 0.25) is 5.91 Å². The molecule has 0 radical (unpaired) electrons. The first kappa shape index (κ1) is 24.0. The van der Waals surface area contributed by atoms with E-state index < -0.39 is 53.6 Å². The molecule has 0 aromatic rings. The summed E-state index contributed by atoms with van der Waals surface area (Å²) in [5, 5.41) is 13.5. The molecule has 0 aromatic heterocycles. The number of esters is 1. The van der Waals surface area contributed by atoms with Crippen LogP contribution < -0.4 is 10.6 Å². The molecule has 3 N–H and O–H groups in total. The number of carboxylic acids is 1. The van der Waals surface area contributed by atoms with Crippen LogP contribution in [0.2, 0.25) is 0 Å². The minimum atomic E-state index is -1.36. The van der Waals surface area contributed by atoms with Crippen LogP contribution in [0, 0.1) is 0 Å². The standard InChI is InChI=1S/C16H28N2O7S/c1-15(2,3)24-11(19)7-9(18-14(23)25-16(4,5)6)12(20)17-10(8-26)13(21)22/h9-10,26H,7-8H2,1-6H3,(H,17,20)(H,18,23)(H,21,22)/t9-,10-/m0/s1. The molecule has 9 nitrogen and oxygen atoms in total. The Morgan fingerprint density at radius 3 is 1.81 bits per heavy atom. The molecule has 0 bridgehead atoms. The Bertz CT molecular complexity index is 508. The predicted octanol–water partition coefficient (Wildman–Crippen LogP) is 1.11. The van der Waals surface area contributed by atoms with Crippen molar-refractivity contribution in [1.29, 1.82) is 0 Å². The van der Waals surface area contributed by atoms with E-state index in [0.29, 0.717) is 0 Å². The van der Waals surface area contributed by atoms with Crippen LogP contribution in [0.4, 0.5) is 4.79 Å². The molecule has 26 heavy (non-hydrogen) atoms. The molecule has 0 fully saturated rings. The molecule has 0 spiro atoms. The molecule has 10 heteroatoms. The van der Waals surface area contributed by atoms with Gasteiger partial charge >= 0.3 is 18.0 Å². The zero-order valence-corrected chi connectivity index (χ0v) is 16.8. The average molecular weight is 392 g/mol. The van der Waals surface area contributed by atoms with Crippen molar-refractivity contribution >= 4 is 36.6 Å². The number of amides is 2. The van der Waals surface area contributed by atoms with Crippen LogP contribution in [0.5, 0.6) is 0 Å². The van der Waals surface area contributed by atoms with E-state index in [1.54, 1.807) is 41.5 Å². The van der Waals surface area contributed by atoms with Crippen molar-refractivity contribution < 1.29 is 33.8 Å². The van der Waals surface area contributed by atoms with Crippen molar-refractivity contribution in [1.82, 2.24) is 10.6 Å². The quantitative estimate of drug-likeness (QED) is 0.377. The molecule has 2 amide bonds. The van der Waals surface area contributed by atoms with Gasteiger partial charge in [0.15, 0.2) is 0 Å². The molecular formula is C16H28N2O7S. The number of hydrogen-bond donors (Lipinski definition) is 4. The summed E-state index contributed by atoms with van der Waals surface area (Å²) < 4.78 is 10.2. The highest BCUT2D eigenvalue weighted by Crippen LogP contribution is 2.11. The van der Waals surface area contributed by atoms with Crippen molar-refractivity contribution in [2.75, 3.05) is 5.75 Å². The number of nitrogens with one attached hydrogen (secondary N) is 2. The topological polar surface area (TPSA) is 131 Å². The molecule has 150 valence electrons. The smallest absolute Gasteiger partial charge is 0.408 e. The van der Waals surface area contributed by atoms with Gasteiger partial charge in [-0.2, -0.15) is 12.6 Å². The van der Waals surface area contributed by atoms with E-state index in [1.165, 1.54) is 0 Å². The summed E-state index contributed by atoms with van der Waals surface area (Å²) in [7, 11) is 0. The molecule has 0 aliphatic carbocycles. The number of aliphatic carboxylic acids is 1. The maximum Gasteiger partial charge on any atom is 0.408 e. The number of ether oxygens (including phenoxy) is 2. The second-order valence-corrected chi connectivity index (χ2v) is 7.94. The summed E-state index contributed by atoms with van der Waals surface area (Å²) in [6, 6.07) is -2.63. The Morgan fingerprint density at radius 2 is 1.42 bits per heavy atom. The third-order valence-corrected chi connectivity index (χ3v) is 2.96. The fourth-order valence-electron chi connectivity index (χ4n) is 1.67. The van der Waals surface area contributed by atoms with Gasteiger partial charge in [0.25, 0.3) is 0 Å². The van der Waals surface area contributed by atoms with Gasteiger partial charge in [-0.15, -0.1) is 0 Å². The fourth-order valence-corrected chi connectivity index (χ4v) is 1.91. The zero-order valence-electron chi connectivity index (χ0n) is 15.9. The molecule has 0 saturated carbocycles. The Labute approximate surface area is 158 Å². The summed E-state index contributed by atoms with van der Waals surface area (Å²) in [5.74, 6) is -3.04. The van der Waals surface area contributed by atoms with Crippen molar-refractivity contribution in [3.63, 3.8) is 0 Å². The number of thiol groups is 1. The second-order valence-electron chi connectivity index (χ2n) is 7.57. The third kappa shape index (κ3) is 10.8. The maximum absolute atomic E-state index is 12.3. The van der Waals surface area contributed by atoms with Gasteiger partial charge in [-0.1, -0.05) is 0 Å². The van der Waals surface area contributed by atoms with Crippen molar-refractivity contribution in [3.05, 3.63) is 0 Å². The molecule has 2 atom stereocenters. The Morgan fingerprint density at radius 1 is 0.923 bits per heavy atom. The minimum absolute atomic E-state index is 0.160. The molecule has 0 saturated heterocycles. The highest BCUT2D eigenvalue weighted by Gasteiger charge is 2.31. The normalized spacial score (nSPS) is 14.0. The number of hydrogen-bond acceptors (Lipinski definition) is 7. The highest BCUT2D eigenvalue weighted by atomic mass is 32.1. The van der Waals surface area contributed by atoms with E-state index in [9.17, 15) is 19.2 Å². The first-order valence-electron chi connectivity index (χ1n) is 8.00. The Balaban J connectivity index is 5.20. The predicted molar refractivity (Wildman–Crippen MR) is 97.0 cm³/mol. The van der Waals surface area contributed by atoms with Crippen molar-refractivity contribution in [2.24, 2.45) is 0 Å². The number of carboxylic acid groups (broad SMARTS) is 1. The lowest BCUT2D eigenvalue weighted by atomic mass is 10.1. The largest absolute Gasteiger partial charge is 0.480 e. The summed E-state index contributed by atoms with van der Waals surface area (Å²) in [6.07, 6.45) is -1.40. The molecular weight excluding hydrogens is 364 g/mol. The summed E-state index contributed by atoms with van der Waals surface area (Å²) in [6.45, 7) is 9.87. The number of carbonyl (C=O) groups excluding carboxylic acids is 3. The van der Waals surface area contributed by atoms with Gasteiger partial charge in [-0.05, 0) is 41.5 Å². The molecule has 0 rings (SSSR count). The van der Waals surface area contributed by atoms with Gasteiger partial charge in [-0.25, -0.2) is 9.59 Å². The molecule has 0 unspecified atom stereocenters. The first-order valence-corrected chi connectivity index (χ1v) is 8.63. The number of rotatable bonds is 7. The summed E-state index contributed by atoms with van der Waals surface area (Å²) in [4.78, 5) is 47.3. The monoisotopic (exact) mass is 392 g/mol.